The molecule has 20 heavy (non-hydrogen) atoms. The van der Waals surface area contributed by atoms with Gasteiger partial charge in [-0.05, 0) is 59.6 Å². The molecule has 0 amide bonds. The van der Waals surface area contributed by atoms with Gasteiger partial charge in [0, 0.05) is 17.5 Å². The Morgan fingerprint density at radius 1 is 1.35 bits per heavy atom. The van der Waals surface area contributed by atoms with Gasteiger partial charge in [0.05, 0.1) is 10.5 Å². The fourth-order valence-corrected chi connectivity index (χ4v) is 2.57. The molecule has 1 N–H and O–H groups in total. The van der Waals surface area contributed by atoms with E-state index in [2.05, 4.69) is 33.2 Å². The highest BCUT2D eigenvalue weighted by molar-refractivity contribution is 9.10. The van der Waals surface area contributed by atoms with Crippen LogP contribution in [-0.2, 0) is 0 Å². The van der Waals surface area contributed by atoms with Gasteiger partial charge in [0.15, 0.2) is 0 Å². The molecule has 2 rings (SSSR count). The Labute approximate surface area is 127 Å². The second-order valence-electron chi connectivity index (χ2n) is 4.76. The van der Waals surface area contributed by atoms with Gasteiger partial charge in [-0.2, -0.15) is 0 Å². The molecule has 1 unspecified atom stereocenters. The predicted octanol–water partition coefficient (Wildman–Crippen LogP) is 4.38. The van der Waals surface area contributed by atoms with Crippen molar-refractivity contribution in [3.05, 3.63) is 63.6 Å². The number of hydrogen-bond donors (Lipinski definition) is 1. The van der Waals surface area contributed by atoms with E-state index < -0.39 is 0 Å². The summed E-state index contributed by atoms with van der Waals surface area (Å²) >= 11 is 3.25. The van der Waals surface area contributed by atoms with Gasteiger partial charge in [-0.25, -0.2) is 4.39 Å². The van der Waals surface area contributed by atoms with E-state index in [9.17, 15) is 4.39 Å². The minimum absolute atomic E-state index is 0.158. The van der Waals surface area contributed by atoms with Crippen LogP contribution in [-0.4, -0.2) is 11.5 Å². The van der Waals surface area contributed by atoms with Gasteiger partial charge >= 0.3 is 0 Å². The second kappa shape index (κ2) is 6.95. The van der Waals surface area contributed by atoms with Crippen LogP contribution in [0, 0.1) is 12.7 Å². The molecule has 0 spiro atoms. The van der Waals surface area contributed by atoms with Crippen molar-refractivity contribution in [2.75, 3.05) is 6.54 Å². The van der Waals surface area contributed by atoms with Gasteiger partial charge in [0.25, 0.3) is 0 Å². The first-order valence-electron chi connectivity index (χ1n) is 6.73. The van der Waals surface area contributed by atoms with Crippen LogP contribution in [0.5, 0.6) is 0 Å². The number of pyridine rings is 1. The minimum atomic E-state index is -0.212. The van der Waals surface area contributed by atoms with Crippen LogP contribution in [0.4, 0.5) is 4.39 Å². The Balaban J connectivity index is 2.44. The van der Waals surface area contributed by atoms with E-state index in [1.807, 2.05) is 31.2 Å². The Kier molecular flexibility index (Phi) is 5.26. The third kappa shape index (κ3) is 3.44. The maximum atomic E-state index is 14.4. The Bertz CT molecular complexity index is 586. The lowest BCUT2D eigenvalue weighted by molar-refractivity contribution is 0.543. The number of hydrogen-bond acceptors (Lipinski definition) is 2. The smallest absolute Gasteiger partial charge is 0.142 e. The fourth-order valence-electron chi connectivity index (χ4n) is 2.19. The van der Waals surface area contributed by atoms with Gasteiger partial charge in [-0.15, -0.1) is 0 Å². The number of halogens is 2. The molecule has 1 atom stereocenters. The van der Waals surface area contributed by atoms with Gasteiger partial charge < -0.3 is 5.32 Å². The lowest BCUT2D eigenvalue weighted by atomic mass is 9.98. The monoisotopic (exact) mass is 336 g/mol. The van der Waals surface area contributed by atoms with Crippen molar-refractivity contribution in [1.29, 1.82) is 0 Å². The van der Waals surface area contributed by atoms with Crippen molar-refractivity contribution >= 4 is 15.9 Å². The van der Waals surface area contributed by atoms with Gasteiger partial charge in [0.2, 0.25) is 0 Å². The summed E-state index contributed by atoms with van der Waals surface area (Å²) in [5.74, 6) is -0.212. The van der Waals surface area contributed by atoms with E-state index in [4.69, 9.17) is 0 Å². The van der Waals surface area contributed by atoms with E-state index in [0.717, 1.165) is 24.2 Å². The van der Waals surface area contributed by atoms with Crippen molar-refractivity contribution < 1.29 is 4.39 Å². The first-order chi connectivity index (χ1) is 9.63. The Hall–Kier alpha value is -1.26. The zero-order valence-corrected chi connectivity index (χ0v) is 13.2. The quantitative estimate of drug-likeness (QED) is 0.876. The van der Waals surface area contributed by atoms with Crippen LogP contribution in [0.15, 0.2) is 41.0 Å². The summed E-state index contributed by atoms with van der Waals surface area (Å²) in [6, 6.07) is 9.16. The molecule has 0 aliphatic heterocycles. The van der Waals surface area contributed by atoms with Gasteiger partial charge in [-0.1, -0.05) is 19.1 Å². The molecule has 2 nitrogen and oxygen atoms in total. The fraction of sp³-hybridized carbons (Fsp3) is 0.312. The molecule has 1 heterocycles. The highest BCUT2D eigenvalue weighted by atomic mass is 79.9. The molecule has 4 heteroatoms. The molecule has 0 aliphatic carbocycles. The lowest BCUT2D eigenvalue weighted by Crippen LogP contribution is -2.24. The molecule has 0 fully saturated rings. The molecule has 0 saturated carbocycles. The largest absolute Gasteiger partial charge is 0.306 e. The van der Waals surface area contributed by atoms with Crippen LogP contribution in [0.1, 0.15) is 36.2 Å². The molecular formula is C16H18BrFN2. The molecule has 0 aliphatic rings. The number of benzene rings is 1. The summed E-state index contributed by atoms with van der Waals surface area (Å²) in [5.41, 5.74) is 2.61. The van der Waals surface area contributed by atoms with Crippen molar-refractivity contribution in [3.63, 3.8) is 0 Å². The minimum Gasteiger partial charge on any atom is -0.306 e. The van der Waals surface area contributed by atoms with Crippen molar-refractivity contribution in [2.24, 2.45) is 0 Å². The highest BCUT2D eigenvalue weighted by Crippen LogP contribution is 2.28. The summed E-state index contributed by atoms with van der Waals surface area (Å²) in [6.07, 6.45) is 2.76. The van der Waals surface area contributed by atoms with Gasteiger partial charge in [0.1, 0.15) is 5.82 Å². The molecule has 0 radical (unpaired) electrons. The number of nitrogens with one attached hydrogen (secondary N) is 1. The number of aromatic nitrogens is 1. The number of nitrogens with zero attached hydrogens (tertiary/aromatic N) is 1. The van der Waals surface area contributed by atoms with Gasteiger partial charge in [-0.3, -0.25) is 4.98 Å². The van der Waals surface area contributed by atoms with E-state index in [-0.39, 0.29) is 11.9 Å². The third-order valence-electron chi connectivity index (χ3n) is 3.14. The summed E-state index contributed by atoms with van der Waals surface area (Å²) < 4.78 is 14.9. The topological polar surface area (TPSA) is 24.9 Å². The molecular weight excluding hydrogens is 319 g/mol. The standard InChI is InChI=1S/C16H18BrFN2/c1-3-8-20-16(12-7-9-19-11(2)10-12)13-5-4-6-14(17)15(13)18/h4-7,9-10,16,20H,3,8H2,1-2H3. The summed E-state index contributed by atoms with van der Waals surface area (Å²) in [7, 11) is 0. The summed E-state index contributed by atoms with van der Waals surface area (Å²) in [6.45, 7) is 4.87. The Morgan fingerprint density at radius 2 is 2.15 bits per heavy atom. The maximum Gasteiger partial charge on any atom is 0.142 e. The number of rotatable bonds is 5. The molecule has 1 aromatic heterocycles. The van der Waals surface area contributed by atoms with E-state index in [1.54, 1.807) is 12.3 Å². The van der Waals surface area contributed by atoms with Crippen molar-refractivity contribution in [1.82, 2.24) is 10.3 Å². The first kappa shape index (κ1) is 15.1. The van der Waals surface area contributed by atoms with Crippen LogP contribution in [0.25, 0.3) is 0 Å². The zero-order valence-electron chi connectivity index (χ0n) is 11.7. The highest BCUT2D eigenvalue weighted by Gasteiger charge is 2.18. The van der Waals surface area contributed by atoms with E-state index >= 15 is 0 Å². The zero-order chi connectivity index (χ0) is 14.5. The van der Waals surface area contributed by atoms with Crippen LogP contribution in [0.2, 0.25) is 0 Å². The average molecular weight is 337 g/mol. The normalized spacial score (nSPS) is 12.4. The summed E-state index contributed by atoms with van der Waals surface area (Å²) in [4.78, 5) is 4.21. The second-order valence-corrected chi connectivity index (χ2v) is 5.62. The lowest BCUT2D eigenvalue weighted by Gasteiger charge is -2.21. The van der Waals surface area contributed by atoms with Crippen LogP contribution < -0.4 is 5.32 Å². The molecule has 0 saturated heterocycles. The molecule has 1 aromatic carbocycles. The third-order valence-corrected chi connectivity index (χ3v) is 3.76. The van der Waals surface area contributed by atoms with Crippen LogP contribution in [0.3, 0.4) is 0 Å². The van der Waals surface area contributed by atoms with E-state index in [0.29, 0.717) is 10.0 Å². The first-order valence-corrected chi connectivity index (χ1v) is 7.52. The number of aryl methyl sites for hydroxylation is 1. The van der Waals surface area contributed by atoms with E-state index in [1.165, 1.54) is 0 Å². The SMILES string of the molecule is CCCNC(c1ccnc(C)c1)c1cccc(Br)c1F. The average Bonchev–Trinajstić information content (AvgIpc) is 2.44. The summed E-state index contributed by atoms with van der Waals surface area (Å²) in [5, 5.41) is 3.41. The maximum absolute atomic E-state index is 14.4. The molecule has 106 valence electrons. The molecule has 2 aromatic rings. The molecule has 0 bridgehead atoms. The van der Waals surface area contributed by atoms with Crippen molar-refractivity contribution in [3.8, 4) is 0 Å². The van der Waals surface area contributed by atoms with Crippen molar-refractivity contribution in [2.45, 2.75) is 26.3 Å². The van der Waals surface area contributed by atoms with Crippen LogP contribution >= 0.6 is 15.9 Å². The predicted molar refractivity (Wildman–Crippen MR) is 83.2 cm³/mol. The Morgan fingerprint density at radius 3 is 2.85 bits per heavy atom.